The summed E-state index contributed by atoms with van der Waals surface area (Å²) in [5, 5.41) is -0.253. The molecule has 0 saturated carbocycles. The number of carbonyl (C=O) groups is 1. The van der Waals surface area contributed by atoms with Crippen LogP contribution < -0.4 is 0 Å². The maximum Gasteiger partial charge on any atom is 0.221 e. The van der Waals surface area contributed by atoms with Crippen LogP contribution in [-0.4, -0.2) is 5.24 Å². The highest BCUT2D eigenvalue weighted by molar-refractivity contribution is 6.63. The van der Waals surface area contributed by atoms with E-state index in [9.17, 15) is 4.79 Å². The molecule has 0 bridgehead atoms. The molecule has 17 heavy (non-hydrogen) atoms. The fraction of sp³-hybridized carbons (Fsp3) is 0.533. The van der Waals surface area contributed by atoms with Crippen molar-refractivity contribution in [2.24, 2.45) is 0 Å². The van der Waals surface area contributed by atoms with Crippen LogP contribution in [0.4, 0.5) is 0 Å². The molecule has 1 aromatic rings. The molecule has 0 aliphatic heterocycles. The second kappa shape index (κ2) is 5.68. The first-order valence-corrected chi connectivity index (χ1v) is 6.49. The van der Waals surface area contributed by atoms with Gasteiger partial charge in [-0.1, -0.05) is 52.0 Å². The van der Waals surface area contributed by atoms with Gasteiger partial charge in [-0.3, -0.25) is 4.79 Å². The summed E-state index contributed by atoms with van der Waals surface area (Å²) in [5.41, 5.74) is 2.61. The molecule has 2 heteroatoms. The van der Waals surface area contributed by atoms with Crippen LogP contribution in [0.2, 0.25) is 0 Å². The van der Waals surface area contributed by atoms with Gasteiger partial charge < -0.3 is 0 Å². The molecule has 1 aromatic carbocycles. The predicted molar refractivity (Wildman–Crippen MR) is 73.7 cm³/mol. The third-order valence-electron chi connectivity index (χ3n) is 3.31. The van der Waals surface area contributed by atoms with Crippen molar-refractivity contribution in [1.82, 2.24) is 0 Å². The van der Waals surface area contributed by atoms with E-state index in [0.29, 0.717) is 12.3 Å². The standard InChI is InChI=1S/C15H21ClO/c1-11(2)12-5-7-13(8-6-12)15(3,4)10-9-14(16)17/h5-8,11H,9-10H2,1-4H3. The molecule has 0 N–H and O–H groups in total. The van der Waals surface area contributed by atoms with Gasteiger partial charge in [0.15, 0.2) is 0 Å². The van der Waals surface area contributed by atoms with E-state index in [0.717, 1.165) is 6.42 Å². The third kappa shape index (κ3) is 4.16. The first-order valence-electron chi connectivity index (χ1n) is 6.11. The number of rotatable bonds is 5. The number of halogens is 1. The molecular formula is C15H21ClO. The van der Waals surface area contributed by atoms with Gasteiger partial charge in [-0.05, 0) is 40.5 Å². The van der Waals surface area contributed by atoms with Crippen LogP contribution in [0, 0.1) is 0 Å². The Hall–Kier alpha value is -0.820. The Balaban J connectivity index is 2.80. The Kier molecular flexibility index (Phi) is 4.76. The summed E-state index contributed by atoms with van der Waals surface area (Å²) in [7, 11) is 0. The second-order valence-electron chi connectivity index (χ2n) is 5.52. The van der Waals surface area contributed by atoms with E-state index in [1.54, 1.807) is 0 Å². The smallest absolute Gasteiger partial charge is 0.221 e. The normalized spacial score (nSPS) is 11.9. The van der Waals surface area contributed by atoms with Crippen LogP contribution in [-0.2, 0) is 10.2 Å². The van der Waals surface area contributed by atoms with Gasteiger partial charge in [0.1, 0.15) is 0 Å². The molecule has 0 heterocycles. The summed E-state index contributed by atoms with van der Waals surface area (Å²) in [4.78, 5) is 10.8. The van der Waals surface area contributed by atoms with Crippen LogP contribution in [0.1, 0.15) is 57.6 Å². The van der Waals surface area contributed by atoms with E-state index in [-0.39, 0.29) is 10.7 Å². The van der Waals surface area contributed by atoms with E-state index in [2.05, 4.69) is 52.0 Å². The molecule has 1 rings (SSSR count). The fourth-order valence-corrected chi connectivity index (χ4v) is 1.97. The lowest BCUT2D eigenvalue weighted by Gasteiger charge is -2.25. The molecular weight excluding hydrogens is 232 g/mol. The quantitative estimate of drug-likeness (QED) is 0.698. The van der Waals surface area contributed by atoms with E-state index in [1.165, 1.54) is 11.1 Å². The van der Waals surface area contributed by atoms with Crippen molar-refractivity contribution in [3.8, 4) is 0 Å². The minimum absolute atomic E-state index is 0.0000591. The highest BCUT2D eigenvalue weighted by atomic mass is 35.5. The summed E-state index contributed by atoms with van der Waals surface area (Å²) in [5.74, 6) is 0.552. The monoisotopic (exact) mass is 252 g/mol. The molecule has 0 spiro atoms. The maximum absolute atomic E-state index is 10.8. The zero-order valence-corrected chi connectivity index (χ0v) is 11.8. The minimum Gasteiger partial charge on any atom is -0.281 e. The van der Waals surface area contributed by atoms with Crippen molar-refractivity contribution in [1.29, 1.82) is 0 Å². The van der Waals surface area contributed by atoms with Crippen molar-refractivity contribution < 1.29 is 4.79 Å². The lowest BCUT2D eigenvalue weighted by molar-refractivity contribution is -0.112. The summed E-state index contributed by atoms with van der Waals surface area (Å²) in [6, 6.07) is 8.66. The van der Waals surface area contributed by atoms with Crippen LogP contribution in [0.15, 0.2) is 24.3 Å². The summed E-state index contributed by atoms with van der Waals surface area (Å²) in [6.45, 7) is 8.67. The van der Waals surface area contributed by atoms with Crippen LogP contribution in [0.5, 0.6) is 0 Å². The minimum atomic E-state index is -0.253. The van der Waals surface area contributed by atoms with Crippen molar-refractivity contribution in [3.05, 3.63) is 35.4 Å². The zero-order chi connectivity index (χ0) is 13.1. The molecule has 0 fully saturated rings. The molecule has 0 aliphatic carbocycles. The topological polar surface area (TPSA) is 17.1 Å². The van der Waals surface area contributed by atoms with Gasteiger partial charge in [0, 0.05) is 6.42 Å². The first kappa shape index (κ1) is 14.2. The zero-order valence-electron chi connectivity index (χ0n) is 11.1. The van der Waals surface area contributed by atoms with Crippen LogP contribution in [0.25, 0.3) is 0 Å². The van der Waals surface area contributed by atoms with Gasteiger partial charge in [0.25, 0.3) is 0 Å². The van der Waals surface area contributed by atoms with E-state index >= 15 is 0 Å². The van der Waals surface area contributed by atoms with Gasteiger partial charge >= 0.3 is 0 Å². The molecule has 0 aromatic heterocycles. The van der Waals surface area contributed by atoms with Gasteiger partial charge in [0.2, 0.25) is 5.24 Å². The average Bonchev–Trinajstić information content (AvgIpc) is 2.27. The molecule has 0 radical (unpaired) electrons. The van der Waals surface area contributed by atoms with E-state index in [1.807, 2.05) is 0 Å². The SMILES string of the molecule is CC(C)c1ccc(C(C)(C)CCC(=O)Cl)cc1. The third-order valence-corrected chi connectivity index (χ3v) is 3.49. The van der Waals surface area contributed by atoms with Gasteiger partial charge in [-0.15, -0.1) is 0 Å². The molecule has 0 amide bonds. The largest absolute Gasteiger partial charge is 0.281 e. The highest BCUT2D eigenvalue weighted by Gasteiger charge is 2.21. The Morgan fingerprint density at radius 1 is 1.24 bits per heavy atom. The Morgan fingerprint density at radius 2 is 1.76 bits per heavy atom. The second-order valence-corrected chi connectivity index (χ2v) is 5.94. The lowest BCUT2D eigenvalue weighted by Crippen LogP contribution is -2.18. The fourth-order valence-electron chi connectivity index (χ4n) is 1.87. The van der Waals surface area contributed by atoms with Crippen LogP contribution >= 0.6 is 11.6 Å². The molecule has 0 unspecified atom stereocenters. The molecule has 0 saturated heterocycles. The van der Waals surface area contributed by atoms with E-state index < -0.39 is 0 Å². The van der Waals surface area contributed by atoms with Gasteiger partial charge in [-0.25, -0.2) is 0 Å². The number of carbonyl (C=O) groups excluding carboxylic acids is 1. The van der Waals surface area contributed by atoms with Crippen molar-refractivity contribution >= 4 is 16.8 Å². The summed E-state index contributed by atoms with van der Waals surface area (Å²) < 4.78 is 0. The van der Waals surface area contributed by atoms with Crippen molar-refractivity contribution in [2.45, 2.75) is 51.9 Å². The summed E-state index contributed by atoms with van der Waals surface area (Å²) >= 11 is 5.40. The Labute approximate surface area is 109 Å². The number of benzene rings is 1. The summed E-state index contributed by atoms with van der Waals surface area (Å²) in [6.07, 6.45) is 1.22. The van der Waals surface area contributed by atoms with Gasteiger partial charge in [-0.2, -0.15) is 0 Å². The lowest BCUT2D eigenvalue weighted by atomic mass is 9.80. The Bertz CT molecular complexity index is 376. The molecule has 1 nitrogen and oxygen atoms in total. The predicted octanol–water partition coefficient (Wildman–Crippen LogP) is 4.63. The van der Waals surface area contributed by atoms with Crippen molar-refractivity contribution in [3.63, 3.8) is 0 Å². The molecule has 0 aliphatic rings. The molecule has 0 atom stereocenters. The van der Waals surface area contributed by atoms with E-state index in [4.69, 9.17) is 11.6 Å². The maximum atomic E-state index is 10.8. The first-order chi connectivity index (χ1) is 7.83. The Morgan fingerprint density at radius 3 is 2.18 bits per heavy atom. The van der Waals surface area contributed by atoms with Crippen molar-refractivity contribution in [2.75, 3.05) is 0 Å². The molecule has 94 valence electrons. The number of hydrogen-bond acceptors (Lipinski definition) is 1. The van der Waals surface area contributed by atoms with Gasteiger partial charge in [0.05, 0.1) is 0 Å². The average molecular weight is 253 g/mol. The van der Waals surface area contributed by atoms with Crippen LogP contribution in [0.3, 0.4) is 0 Å². The highest BCUT2D eigenvalue weighted by Crippen LogP contribution is 2.29. The number of hydrogen-bond donors (Lipinski definition) is 0.